The SMILES string of the molecule is CN1CCC(NC(C/C(N)=N/O)c2ccccc2)C1=O. The van der Waals surface area contributed by atoms with Crippen LogP contribution in [0.5, 0.6) is 0 Å². The number of carbonyl (C=O) groups is 1. The molecule has 108 valence electrons. The van der Waals surface area contributed by atoms with E-state index in [-0.39, 0.29) is 23.8 Å². The quantitative estimate of drug-likeness (QED) is 0.319. The van der Waals surface area contributed by atoms with Gasteiger partial charge in [-0.15, -0.1) is 0 Å². The number of nitrogens with two attached hydrogens (primary N) is 1. The van der Waals surface area contributed by atoms with Crippen LogP contribution in [0.25, 0.3) is 0 Å². The minimum absolute atomic E-state index is 0.0884. The van der Waals surface area contributed by atoms with E-state index in [1.54, 1.807) is 11.9 Å². The van der Waals surface area contributed by atoms with E-state index < -0.39 is 0 Å². The summed E-state index contributed by atoms with van der Waals surface area (Å²) in [6.07, 6.45) is 1.13. The van der Waals surface area contributed by atoms with Gasteiger partial charge < -0.3 is 15.8 Å². The van der Waals surface area contributed by atoms with E-state index in [4.69, 9.17) is 10.9 Å². The highest BCUT2D eigenvalue weighted by atomic mass is 16.4. The molecule has 1 amide bonds. The van der Waals surface area contributed by atoms with Crippen LogP contribution in [0.1, 0.15) is 24.4 Å². The third kappa shape index (κ3) is 3.27. The highest BCUT2D eigenvalue weighted by Gasteiger charge is 2.31. The van der Waals surface area contributed by atoms with Gasteiger partial charge in [-0.2, -0.15) is 0 Å². The molecule has 1 fully saturated rings. The van der Waals surface area contributed by atoms with E-state index >= 15 is 0 Å². The van der Waals surface area contributed by atoms with Crippen LogP contribution in [0.3, 0.4) is 0 Å². The van der Waals surface area contributed by atoms with Gasteiger partial charge in [0, 0.05) is 26.1 Å². The average Bonchev–Trinajstić information content (AvgIpc) is 2.79. The lowest BCUT2D eigenvalue weighted by molar-refractivity contribution is -0.128. The molecule has 1 heterocycles. The smallest absolute Gasteiger partial charge is 0.239 e. The van der Waals surface area contributed by atoms with Crippen LogP contribution >= 0.6 is 0 Å². The van der Waals surface area contributed by atoms with Gasteiger partial charge in [0.15, 0.2) is 0 Å². The lowest BCUT2D eigenvalue weighted by atomic mass is 10.0. The van der Waals surface area contributed by atoms with E-state index in [0.717, 1.165) is 18.5 Å². The molecule has 2 atom stereocenters. The standard InChI is InChI=1S/C14H20N4O2/c1-18-8-7-11(14(18)19)16-12(9-13(15)17-20)10-5-3-2-4-6-10/h2-6,11-12,16,20H,7-9H2,1H3,(H2,15,17). The summed E-state index contributed by atoms with van der Waals surface area (Å²) in [6.45, 7) is 0.752. The predicted octanol–water partition coefficient (Wildman–Crippen LogP) is 0.685. The van der Waals surface area contributed by atoms with Gasteiger partial charge >= 0.3 is 0 Å². The van der Waals surface area contributed by atoms with Crippen LogP contribution in [-0.4, -0.2) is 41.5 Å². The lowest BCUT2D eigenvalue weighted by Crippen LogP contribution is -2.40. The number of likely N-dealkylation sites (N-methyl/N-ethyl adjacent to an activating group) is 1. The van der Waals surface area contributed by atoms with Crippen molar-refractivity contribution in [3.8, 4) is 0 Å². The van der Waals surface area contributed by atoms with Gasteiger partial charge in [-0.1, -0.05) is 35.5 Å². The zero-order chi connectivity index (χ0) is 14.5. The first-order valence-electron chi connectivity index (χ1n) is 6.64. The first kappa shape index (κ1) is 14.3. The van der Waals surface area contributed by atoms with Crippen molar-refractivity contribution in [2.45, 2.75) is 24.9 Å². The zero-order valence-electron chi connectivity index (χ0n) is 11.5. The summed E-state index contributed by atoms with van der Waals surface area (Å²) in [5.74, 6) is 0.232. The molecule has 1 saturated heterocycles. The van der Waals surface area contributed by atoms with Gasteiger partial charge in [-0.3, -0.25) is 10.1 Å². The Morgan fingerprint density at radius 1 is 1.55 bits per heavy atom. The number of oxime groups is 1. The molecular weight excluding hydrogens is 256 g/mol. The van der Waals surface area contributed by atoms with E-state index in [0.29, 0.717) is 6.42 Å². The summed E-state index contributed by atoms with van der Waals surface area (Å²) < 4.78 is 0. The number of carbonyl (C=O) groups excluding carboxylic acids is 1. The van der Waals surface area contributed by atoms with Gasteiger partial charge in [-0.25, -0.2) is 0 Å². The minimum Gasteiger partial charge on any atom is -0.409 e. The molecule has 6 nitrogen and oxygen atoms in total. The van der Waals surface area contributed by atoms with Crippen LogP contribution in [0, 0.1) is 0 Å². The number of benzene rings is 1. The van der Waals surface area contributed by atoms with Gasteiger partial charge in [0.25, 0.3) is 0 Å². The number of hydrogen-bond acceptors (Lipinski definition) is 4. The Kier molecular flexibility index (Phi) is 4.57. The number of amides is 1. The summed E-state index contributed by atoms with van der Waals surface area (Å²) in [5, 5.41) is 15.1. The molecule has 0 saturated carbocycles. The first-order chi connectivity index (χ1) is 9.61. The first-order valence-corrected chi connectivity index (χ1v) is 6.64. The van der Waals surface area contributed by atoms with Crippen molar-refractivity contribution in [2.24, 2.45) is 10.9 Å². The topological polar surface area (TPSA) is 90.9 Å². The third-order valence-corrected chi connectivity index (χ3v) is 3.57. The van der Waals surface area contributed by atoms with Gasteiger partial charge in [0.2, 0.25) is 5.91 Å². The Morgan fingerprint density at radius 2 is 2.25 bits per heavy atom. The molecule has 0 aromatic heterocycles. The molecule has 20 heavy (non-hydrogen) atoms. The highest BCUT2D eigenvalue weighted by Crippen LogP contribution is 2.20. The average molecular weight is 276 g/mol. The molecule has 0 spiro atoms. The number of rotatable bonds is 5. The number of nitrogens with zero attached hydrogens (tertiary/aromatic N) is 2. The number of hydrogen-bond donors (Lipinski definition) is 3. The van der Waals surface area contributed by atoms with E-state index in [1.807, 2.05) is 30.3 Å². The molecule has 4 N–H and O–H groups in total. The monoisotopic (exact) mass is 276 g/mol. The fraction of sp³-hybridized carbons (Fsp3) is 0.429. The van der Waals surface area contributed by atoms with Gasteiger partial charge in [0.1, 0.15) is 5.84 Å². The van der Waals surface area contributed by atoms with E-state index in [1.165, 1.54) is 0 Å². The molecule has 2 unspecified atom stereocenters. The van der Waals surface area contributed by atoms with Crippen molar-refractivity contribution in [1.29, 1.82) is 0 Å². The maximum absolute atomic E-state index is 12.0. The van der Waals surface area contributed by atoms with E-state index in [9.17, 15) is 4.79 Å². The largest absolute Gasteiger partial charge is 0.409 e. The predicted molar refractivity (Wildman–Crippen MR) is 76.4 cm³/mol. The second kappa shape index (κ2) is 6.38. The summed E-state index contributed by atoms with van der Waals surface area (Å²) in [5.41, 5.74) is 6.63. The van der Waals surface area contributed by atoms with E-state index in [2.05, 4.69) is 10.5 Å². The summed E-state index contributed by atoms with van der Waals surface area (Å²) >= 11 is 0. The normalized spacial score (nSPS) is 21.2. The maximum Gasteiger partial charge on any atom is 0.239 e. The highest BCUT2D eigenvalue weighted by molar-refractivity contribution is 5.84. The molecule has 1 aromatic carbocycles. The number of likely N-dealkylation sites (tertiary alicyclic amines) is 1. The van der Waals surface area contributed by atoms with Crippen molar-refractivity contribution >= 4 is 11.7 Å². The van der Waals surface area contributed by atoms with Gasteiger partial charge in [-0.05, 0) is 12.0 Å². The third-order valence-electron chi connectivity index (χ3n) is 3.57. The minimum atomic E-state index is -0.211. The second-order valence-corrected chi connectivity index (χ2v) is 5.03. The van der Waals surface area contributed by atoms with Crippen molar-refractivity contribution in [2.75, 3.05) is 13.6 Å². The van der Waals surface area contributed by atoms with Crippen LogP contribution in [-0.2, 0) is 4.79 Å². The maximum atomic E-state index is 12.0. The molecule has 2 rings (SSSR count). The summed E-state index contributed by atoms with van der Waals surface area (Å²) in [7, 11) is 1.80. The lowest BCUT2D eigenvalue weighted by Gasteiger charge is -2.22. The zero-order valence-corrected chi connectivity index (χ0v) is 11.5. The van der Waals surface area contributed by atoms with Crippen molar-refractivity contribution in [3.63, 3.8) is 0 Å². The Balaban J connectivity index is 2.13. The summed E-state index contributed by atoms with van der Waals surface area (Å²) in [6, 6.07) is 9.36. The Morgan fingerprint density at radius 3 is 2.80 bits per heavy atom. The van der Waals surface area contributed by atoms with Crippen molar-refractivity contribution < 1.29 is 10.0 Å². The number of nitrogens with one attached hydrogen (secondary N) is 1. The van der Waals surface area contributed by atoms with Crippen LogP contribution in [0.15, 0.2) is 35.5 Å². The van der Waals surface area contributed by atoms with Crippen LogP contribution < -0.4 is 11.1 Å². The summed E-state index contributed by atoms with van der Waals surface area (Å²) in [4.78, 5) is 13.7. The number of amidine groups is 1. The molecule has 0 aliphatic carbocycles. The fourth-order valence-electron chi connectivity index (χ4n) is 2.43. The van der Waals surface area contributed by atoms with Crippen LogP contribution in [0.4, 0.5) is 0 Å². The van der Waals surface area contributed by atoms with Crippen LogP contribution in [0.2, 0.25) is 0 Å². The van der Waals surface area contributed by atoms with Crippen molar-refractivity contribution in [1.82, 2.24) is 10.2 Å². The second-order valence-electron chi connectivity index (χ2n) is 5.03. The molecule has 1 aliphatic rings. The molecule has 0 bridgehead atoms. The Hall–Kier alpha value is -2.08. The fourth-order valence-corrected chi connectivity index (χ4v) is 2.43. The molecule has 1 aliphatic heterocycles. The Labute approximate surface area is 118 Å². The Bertz CT molecular complexity index is 489. The van der Waals surface area contributed by atoms with Crippen molar-refractivity contribution in [3.05, 3.63) is 35.9 Å². The van der Waals surface area contributed by atoms with Gasteiger partial charge in [0.05, 0.1) is 6.04 Å². The molecule has 0 radical (unpaired) electrons. The molecule has 1 aromatic rings. The molecule has 6 heteroatoms. The molecular formula is C14H20N4O2.